The Balaban J connectivity index is 2.26. The molecule has 102 valence electrons. The van der Waals surface area contributed by atoms with Crippen LogP contribution in [0.5, 0.6) is 0 Å². The molecule has 0 bridgehead atoms. The van der Waals surface area contributed by atoms with Gasteiger partial charge in [0.2, 0.25) is 0 Å². The quantitative estimate of drug-likeness (QED) is 0.744. The number of rotatable bonds is 1. The highest BCUT2D eigenvalue weighted by Crippen LogP contribution is 2.31. The van der Waals surface area contributed by atoms with Gasteiger partial charge in [0.15, 0.2) is 0 Å². The minimum Gasteiger partial charge on any atom is -0.305 e. The predicted molar refractivity (Wildman–Crippen MR) is 66.7 cm³/mol. The van der Waals surface area contributed by atoms with Crippen LogP contribution in [0.2, 0.25) is 0 Å². The maximum atomic E-state index is 12.6. The molecule has 0 saturated carbocycles. The number of aromatic amines is 1. The third kappa shape index (κ3) is 1.97. The van der Waals surface area contributed by atoms with Crippen LogP contribution in [0.4, 0.5) is 13.2 Å². The summed E-state index contributed by atoms with van der Waals surface area (Å²) in [6, 6.07) is 6.43. The molecule has 0 aliphatic heterocycles. The third-order valence-corrected chi connectivity index (χ3v) is 2.91. The monoisotopic (exact) mass is 279 g/mol. The molecule has 0 saturated heterocycles. The van der Waals surface area contributed by atoms with E-state index in [9.17, 15) is 18.0 Å². The van der Waals surface area contributed by atoms with E-state index in [4.69, 9.17) is 0 Å². The fraction of sp³-hybridized carbons (Fsp3) is 0.0769. The Bertz CT molecular complexity index is 818. The van der Waals surface area contributed by atoms with Crippen molar-refractivity contribution in [3.63, 3.8) is 0 Å². The van der Waals surface area contributed by atoms with Gasteiger partial charge in [-0.1, -0.05) is 0 Å². The summed E-state index contributed by atoms with van der Waals surface area (Å²) >= 11 is 0. The number of hydrogen-bond donors (Lipinski definition) is 1. The minimum absolute atomic E-state index is 0.133. The van der Waals surface area contributed by atoms with Crippen LogP contribution in [0.15, 0.2) is 47.5 Å². The number of nitrogens with zero attached hydrogens (tertiary/aromatic N) is 2. The smallest absolute Gasteiger partial charge is 0.305 e. The van der Waals surface area contributed by atoms with Crippen molar-refractivity contribution >= 4 is 11.0 Å². The first-order valence-corrected chi connectivity index (χ1v) is 5.69. The highest BCUT2D eigenvalue weighted by molar-refractivity contribution is 5.78. The zero-order chi connectivity index (χ0) is 14.3. The number of alkyl halides is 3. The Kier molecular flexibility index (Phi) is 2.63. The molecular weight excluding hydrogens is 271 g/mol. The van der Waals surface area contributed by atoms with E-state index >= 15 is 0 Å². The Hall–Kier alpha value is -2.57. The molecular formula is C13H8F3N3O. The van der Waals surface area contributed by atoms with Crippen molar-refractivity contribution in [1.82, 2.24) is 14.5 Å². The molecule has 0 spiro atoms. The maximum Gasteiger partial charge on any atom is 0.416 e. The van der Waals surface area contributed by atoms with Crippen molar-refractivity contribution in [2.75, 3.05) is 0 Å². The lowest BCUT2D eigenvalue weighted by atomic mass is 10.2. The zero-order valence-corrected chi connectivity index (χ0v) is 9.98. The first-order valence-electron chi connectivity index (χ1n) is 5.69. The van der Waals surface area contributed by atoms with E-state index in [2.05, 4.69) is 9.97 Å². The molecule has 0 fully saturated rings. The summed E-state index contributed by atoms with van der Waals surface area (Å²) in [7, 11) is 0. The minimum atomic E-state index is -4.44. The van der Waals surface area contributed by atoms with Crippen LogP contribution in [0, 0.1) is 0 Å². The van der Waals surface area contributed by atoms with Crippen molar-refractivity contribution in [2.24, 2.45) is 0 Å². The van der Waals surface area contributed by atoms with Crippen LogP contribution in [0.1, 0.15) is 5.56 Å². The zero-order valence-electron chi connectivity index (χ0n) is 9.98. The van der Waals surface area contributed by atoms with Crippen LogP contribution < -0.4 is 5.69 Å². The predicted octanol–water partition coefficient (Wildman–Crippen LogP) is 2.73. The van der Waals surface area contributed by atoms with Crippen LogP contribution in [-0.2, 0) is 6.18 Å². The van der Waals surface area contributed by atoms with Crippen molar-refractivity contribution in [3.8, 4) is 5.69 Å². The SMILES string of the molecule is O=c1[nH]c2cc(C(F)(F)F)ccc2n1-c1cccnc1. The molecule has 0 atom stereocenters. The first kappa shape index (κ1) is 12.5. The highest BCUT2D eigenvalue weighted by atomic mass is 19.4. The standard InChI is InChI=1S/C13H8F3N3O/c14-13(15,16)8-3-4-11-10(6-8)18-12(20)19(11)9-2-1-5-17-7-9/h1-7H,(H,18,20). The second kappa shape index (κ2) is 4.22. The normalized spacial score (nSPS) is 11.9. The molecule has 0 aliphatic rings. The number of imidazole rings is 1. The molecule has 1 N–H and O–H groups in total. The second-order valence-corrected chi connectivity index (χ2v) is 4.21. The average Bonchev–Trinajstić information content (AvgIpc) is 2.73. The van der Waals surface area contributed by atoms with Gasteiger partial charge in [-0.25, -0.2) is 4.79 Å². The number of hydrogen-bond acceptors (Lipinski definition) is 2. The fourth-order valence-electron chi connectivity index (χ4n) is 2.03. The number of halogens is 3. The van der Waals surface area contributed by atoms with Gasteiger partial charge in [0.1, 0.15) is 0 Å². The van der Waals surface area contributed by atoms with Crippen LogP contribution in [0.25, 0.3) is 16.7 Å². The molecule has 20 heavy (non-hydrogen) atoms. The Labute approximate surface area is 110 Å². The van der Waals surface area contributed by atoms with Crippen LogP contribution in [0.3, 0.4) is 0 Å². The van der Waals surface area contributed by atoms with Crippen molar-refractivity contribution in [1.29, 1.82) is 0 Å². The number of H-pyrrole nitrogens is 1. The highest BCUT2D eigenvalue weighted by Gasteiger charge is 2.30. The number of nitrogens with one attached hydrogen (secondary N) is 1. The van der Waals surface area contributed by atoms with E-state index in [0.29, 0.717) is 11.2 Å². The molecule has 1 aromatic carbocycles. The van der Waals surface area contributed by atoms with Gasteiger partial charge in [0, 0.05) is 6.20 Å². The summed E-state index contributed by atoms with van der Waals surface area (Å²) < 4.78 is 39.2. The third-order valence-electron chi connectivity index (χ3n) is 2.91. The van der Waals surface area contributed by atoms with Crippen LogP contribution in [-0.4, -0.2) is 14.5 Å². The Morgan fingerprint density at radius 2 is 2.00 bits per heavy atom. The van der Waals surface area contributed by atoms with Crippen molar-refractivity contribution in [3.05, 3.63) is 58.8 Å². The second-order valence-electron chi connectivity index (χ2n) is 4.21. The molecule has 3 rings (SSSR count). The number of pyridine rings is 1. The summed E-state index contributed by atoms with van der Waals surface area (Å²) in [5.74, 6) is 0. The van der Waals surface area contributed by atoms with E-state index in [-0.39, 0.29) is 5.52 Å². The number of aromatic nitrogens is 3. The summed E-state index contributed by atoms with van der Waals surface area (Å²) in [6.07, 6.45) is -1.43. The molecule has 3 aromatic rings. The van der Waals surface area contributed by atoms with Gasteiger partial charge in [0.05, 0.1) is 28.5 Å². The first-order chi connectivity index (χ1) is 9.47. The Morgan fingerprint density at radius 3 is 2.65 bits per heavy atom. The number of benzene rings is 1. The molecule has 2 heterocycles. The van der Waals surface area contributed by atoms with E-state index in [1.54, 1.807) is 18.3 Å². The van der Waals surface area contributed by atoms with E-state index in [1.165, 1.54) is 16.8 Å². The topological polar surface area (TPSA) is 50.7 Å². The fourth-order valence-corrected chi connectivity index (χ4v) is 2.03. The van der Waals surface area contributed by atoms with E-state index in [1.807, 2.05) is 0 Å². The van der Waals surface area contributed by atoms with Gasteiger partial charge in [0.25, 0.3) is 0 Å². The number of fused-ring (bicyclic) bond motifs is 1. The average molecular weight is 279 g/mol. The summed E-state index contributed by atoms with van der Waals surface area (Å²) in [6.45, 7) is 0. The summed E-state index contributed by atoms with van der Waals surface area (Å²) in [4.78, 5) is 18.2. The van der Waals surface area contributed by atoms with Crippen molar-refractivity contribution < 1.29 is 13.2 Å². The Morgan fingerprint density at radius 1 is 1.20 bits per heavy atom. The van der Waals surface area contributed by atoms with Gasteiger partial charge in [-0.3, -0.25) is 9.55 Å². The molecule has 0 radical (unpaired) electrons. The summed E-state index contributed by atoms with van der Waals surface area (Å²) in [5, 5.41) is 0. The lowest BCUT2D eigenvalue weighted by Gasteiger charge is -2.06. The molecule has 0 amide bonds. The van der Waals surface area contributed by atoms with Gasteiger partial charge >= 0.3 is 11.9 Å². The molecule has 0 unspecified atom stereocenters. The largest absolute Gasteiger partial charge is 0.416 e. The van der Waals surface area contributed by atoms with Gasteiger partial charge < -0.3 is 4.98 Å². The van der Waals surface area contributed by atoms with Crippen molar-refractivity contribution in [2.45, 2.75) is 6.18 Å². The van der Waals surface area contributed by atoms with Gasteiger partial charge in [-0.15, -0.1) is 0 Å². The van der Waals surface area contributed by atoms with E-state index < -0.39 is 17.4 Å². The molecule has 7 heteroatoms. The summed E-state index contributed by atoms with van der Waals surface area (Å²) in [5.41, 5.74) is -0.315. The lowest BCUT2D eigenvalue weighted by molar-refractivity contribution is -0.137. The molecule has 0 aliphatic carbocycles. The lowest BCUT2D eigenvalue weighted by Crippen LogP contribution is -2.14. The van der Waals surface area contributed by atoms with Gasteiger partial charge in [-0.2, -0.15) is 13.2 Å². The molecule has 4 nitrogen and oxygen atoms in total. The van der Waals surface area contributed by atoms with Gasteiger partial charge in [-0.05, 0) is 30.3 Å². The molecule has 2 aromatic heterocycles. The van der Waals surface area contributed by atoms with E-state index in [0.717, 1.165) is 12.1 Å². The van der Waals surface area contributed by atoms with Crippen LogP contribution >= 0.6 is 0 Å². The maximum absolute atomic E-state index is 12.6.